The highest BCUT2D eigenvalue weighted by Gasteiger charge is 2.15. The van der Waals surface area contributed by atoms with E-state index in [1.165, 1.54) is 25.7 Å². The summed E-state index contributed by atoms with van der Waals surface area (Å²) >= 11 is 0. The van der Waals surface area contributed by atoms with E-state index < -0.39 is 0 Å². The van der Waals surface area contributed by atoms with Gasteiger partial charge in [0.25, 0.3) is 0 Å². The van der Waals surface area contributed by atoms with Gasteiger partial charge in [-0.05, 0) is 49.2 Å². The van der Waals surface area contributed by atoms with Crippen LogP contribution >= 0.6 is 0 Å². The summed E-state index contributed by atoms with van der Waals surface area (Å²) in [6.07, 6.45) is 5.87. The lowest BCUT2D eigenvalue weighted by Crippen LogP contribution is -2.27. The fraction of sp³-hybridized carbons (Fsp3) is 0.450. The number of rotatable bonds is 4. The second-order valence-electron chi connectivity index (χ2n) is 6.41. The van der Waals surface area contributed by atoms with Gasteiger partial charge in [-0.25, -0.2) is 0 Å². The lowest BCUT2D eigenvalue weighted by atomic mass is 9.95. The number of Topliss-reactive ketones (excluding diaryl/α,β-unsaturated/α-hetero) is 1. The molecule has 1 aliphatic rings. The molecule has 2 aromatic rings. The van der Waals surface area contributed by atoms with Gasteiger partial charge in [0.2, 0.25) is 0 Å². The molecule has 0 atom stereocenters. The number of carbonyl (C=O) groups is 1. The van der Waals surface area contributed by atoms with Crippen molar-refractivity contribution in [1.82, 2.24) is 4.90 Å². The van der Waals surface area contributed by atoms with E-state index in [0.717, 1.165) is 41.5 Å². The molecule has 0 bridgehead atoms. The summed E-state index contributed by atoms with van der Waals surface area (Å²) < 4.78 is 0. The van der Waals surface area contributed by atoms with Gasteiger partial charge in [0.15, 0.2) is 5.78 Å². The molecule has 1 heterocycles. The van der Waals surface area contributed by atoms with Crippen LogP contribution in [0.15, 0.2) is 36.4 Å². The number of ketones is 1. The SMILES string of the molecule is Cc1ccc2ccccc2c1C(=O)CCN1CCCCCC1. The van der Waals surface area contributed by atoms with Crippen LogP contribution in [0.5, 0.6) is 0 Å². The van der Waals surface area contributed by atoms with Crippen LogP contribution in [0, 0.1) is 6.92 Å². The summed E-state index contributed by atoms with van der Waals surface area (Å²) in [5.41, 5.74) is 2.02. The molecule has 0 aliphatic carbocycles. The minimum absolute atomic E-state index is 0.290. The number of hydrogen-bond acceptors (Lipinski definition) is 2. The van der Waals surface area contributed by atoms with Crippen molar-refractivity contribution in [3.05, 3.63) is 47.5 Å². The molecule has 3 rings (SSSR count). The molecule has 0 spiro atoms. The molecular formula is C20H25NO. The molecule has 0 amide bonds. The molecule has 2 nitrogen and oxygen atoms in total. The minimum atomic E-state index is 0.290. The summed E-state index contributed by atoms with van der Waals surface area (Å²) in [7, 11) is 0. The lowest BCUT2D eigenvalue weighted by molar-refractivity contribution is 0.0966. The molecule has 22 heavy (non-hydrogen) atoms. The van der Waals surface area contributed by atoms with Crippen molar-refractivity contribution in [3.8, 4) is 0 Å². The highest BCUT2D eigenvalue weighted by molar-refractivity contribution is 6.09. The first-order valence-corrected chi connectivity index (χ1v) is 8.49. The number of aryl methyl sites for hydroxylation is 1. The molecular weight excluding hydrogens is 270 g/mol. The maximum absolute atomic E-state index is 12.8. The maximum atomic E-state index is 12.8. The molecule has 0 aromatic heterocycles. The number of likely N-dealkylation sites (tertiary alicyclic amines) is 1. The van der Waals surface area contributed by atoms with Crippen molar-refractivity contribution in [1.29, 1.82) is 0 Å². The Balaban J connectivity index is 1.76. The van der Waals surface area contributed by atoms with E-state index in [1.807, 2.05) is 19.1 Å². The average molecular weight is 295 g/mol. The molecule has 0 radical (unpaired) electrons. The first kappa shape index (κ1) is 15.2. The Bertz CT molecular complexity index is 654. The number of carbonyl (C=O) groups excluding carboxylic acids is 1. The van der Waals surface area contributed by atoms with E-state index in [9.17, 15) is 4.79 Å². The molecule has 116 valence electrons. The Hall–Kier alpha value is -1.67. The normalized spacial score (nSPS) is 16.6. The van der Waals surface area contributed by atoms with Gasteiger partial charge in [0.1, 0.15) is 0 Å². The first-order valence-electron chi connectivity index (χ1n) is 8.49. The smallest absolute Gasteiger partial charge is 0.165 e. The summed E-state index contributed by atoms with van der Waals surface area (Å²) in [5, 5.41) is 2.26. The Morgan fingerprint density at radius 2 is 1.73 bits per heavy atom. The Kier molecular flexibility index (Phi) is 4.89. The highest BCUT2D eigenvalue weighted by atomic mass is 16.1. The number of hydrogen-bond donors (Lipinski definition) is 0. The third-order valence-corrected chi connectivity index (χ3v) is 4.77. The molecule has 0 N–H and O–H groups in total. The van der Waals surface area contributed by atoms with Gasteiger partial charge in [-0.1, -0.05) is 49.2 Å². The van der Waals surface area contributed by atoms with E-state index in [-0.39, 0.29) is 0 Å². The van der Waals surface area contributed by atoms with E-state index >= 15 is 0 Å². The van der Waals surface area contributed by atoms with Gasteiger partial charge >= 0.3 is 0 Å². The molecule has 2 aromatic carbocycles. The van der Waals surface area contributed by atoms with Crippen LogP contribution in [0.25, 0.3) is 10.8 Å². The molecule has 0 unspecified atom stereocenters. The summed E-state index contributed by atoms with van der Waals surface area (Å²) in [4.78, 5) is 15.2. The molecule has 0 saturated carbocycles. The van der Waals surface area contributed by atoms with Crippen LogP contribution in [-0.4, -0.2) is 30.3 Å². The molecule has 1 saturated heterocycles. The summed E-state index contributed by atoms with van der Waals surface area (Å²) in [6.45, 7) is 5.26. The van der Waals surface area contributed by atoms with Gasteiger partial charge in [-0.2, -0.15) is 0 Å². The van der Waals surface area contributed by atoms with Crippen LogP contribution < -0.4 is 0 Å². The zero-order valence-electron chi connectivity index (χ0n) is 13.5. The largest absolute Gasteiger partial charge is 0.303 e. The van der Waals surface area contributed by atoms with Gasteiger partial charge in [0.05, 0.1) is 0 Å². The van der Waals surface area contributed by atoms with E-state index in [0.29, 0.717) is 12.2 Å². The van der Waals surface area contributed by atoms with Crippen LogP contribution in [-0.2, 0) is 0 Å². The minimum Gasteiger partial charge on any atom is -0.303 e. The van der Waals surface area contributed by atoms with Gasteiger partial charge in [-0.15, -0.1) is 0 Å². The van der Waals surface area contributed by atoms with Crippen molar-refractivity contribution in [2.75, 3.05) is 19.6 Å². The van der Waals surface area contributed by atoms with Gasteiger partial charge in [0, 0.05) is 18.5 Å². The van der Waals surface area contributed by atoms with E-state index in [2.05, 4.69) is 29.2 Å². The average Bonchev–Trinajstić information content (AvgIpc) is 2.81. The zero-order valence-corrected chi connectivity index (χ0v) is 13.5. The third-order valence-electron chi connectivity index (χ3n) is 4.77. The maximum Gasteiger partial charge on any atom is 0.165 e. The molecule has 1 fully saturated rings. The van der Waals surface area contributed by atoms with Crippen LogP contribution in [0.4, 0.5) is 0 Å². The van der Waals surface area contributed by atoms with Gasteiger partial charge < -0.3 is 4.90 Å². The monoisotopic (exact) mass is 295 g/mol. The second kappa shape index (κ2) is 7.06. The van der Waals surface area contributed by atoms with E-state index in [4.69, 9.17) is 0 Å². The zero-order chi connectivity index (χ0) is 15.4. The quantitative estimate of drug-likeness (QED) is 0.768. The van der Waals surface area contributed by atoms with E-state index in [1.54, 1.807) is 0 Å². The topological polar surface area (TPSA) is 20.3 Å². The Morgan fingerprint density at radius 1 is 1.00 bits per heavy atom. The van der Waals surface area contributed by atoms with Crippen molar-refractivity contribution in [2.45, 2.75) is 39.0 Å². The third kappa shape index (κ3) is 3.38. The fourth-order valence-corrected chi connectivity index (χ4v) is 3.50. The van der Waals surface area contributed by atoms with Crippen molar-refractivity contribution < 1.29 is 4.79 Å². The second-order valence-corrected chi connectivity index (χ2v) is 6.41. The Morgan fingerprint density at radius 3 is 2.50 bits per heavy atom. The summed E-state index contributed by atoms with van der Waals surface area (Å²) in [5.74, 6) is 0.290. The molecule has 2 heteroatoms. The van der Waals surface area contributed by atoms with Crippen molar-refractivity contribution in [3.63, 3.8) is 0 Å². The van der Waals surface area contributed by atoms with Crippen LogP contribution in [0.1, 0.15) is 48.0 Å². The summed E-state index contributed by atoms with van der Waals surface area (Å²) in [6, 6.07) is 12.4. The lowest BCUT2D eigenvalue weighted by Gasteiger charge is -2.19. The van der Waals surface area contributed by atoms with Crippen molar-refractivity contribution in [2.24, 2.45) is 0 Å². The van der Waals surface area contributed by atoms with Crippen LogP contribution in [0.2, 0.25) is 0 Å². The predicted octanol–water partition coefficient (Wildman–Crippen LogP) is 4.60. The Labute approximate surface area is 133 Å². The number of nitrogens with zero attached hydrogens (tertiary/aromatic N) is 1. The van der Waals surface area contributed by atoms with Crippen molar-refractivity contribution >= 4 is 16.6 Å². The first-order chi connectivity index (χ1) is 10.8. The number of fused-ring (bicyclic) bond motifs is 1. The highest BCUT2D eigenvalue weighted by Crippen LogP contribution is 2.23. The predicted molar refractivity (Wildman–Crippen MR) is 92.5 cm³/mol. The van der Waals surface area contributed by atoms with Gasteiger partial charge in [-0.3, -0.25) is 4.79 Å². The standard InChI is InChI=1S/C20H25NO/c1-16-10-11-17-8-4-5-9-18(17)20(16)19(22)12-15-21-13-6-2-3-7-14-21/h4-5,8-11H,2-3,6-7,12-15H2,1H3. The number of benzene rings is 2. The molecule has 1 aliphatic heterocycles. The fourth-order valence-electron chi connectivity index (χ4n) is 3.50. The van der Waals surface area contributed by atoms with Crippen LogP contribution in [0.3, 0.4) is 0 Å².